The van der Waals surface area contributed by atoms with Gasteiger partial charge in [-0.1, -0.05) is 0 Å². The minimum atomic E-state index is -4.50. The van der Waals surface area contributed by atoms with Crippen LogP contribution in [0.4, 0.5) is 18.0 Å². The maximum Gasteiger partial charge on any atom is 0.418 e. The summed E-state index contributed by atoms with van der Waals surface area (Å²) in [4.78, 5) is 11.6. The average Bonchev–Trinajstić information content (AvgIpc) is 2.02. The van der Waals surface area contributed by atoms with E-state index in [0.717, 1.165) is 11.8 Å². The summed E-state index contributed by atoms with van der Waals surface area (Å²) in [6.07, 6.45) is -4.50. The molecule has 0 bridgehead atoms. The third kappa shape index (κ3) is 2.12. The summed E-state index contributed by atoms with van der Waals surface area (Å²) >= 11 is 5.10. The first-order chi connectivity index (χ1) is 6.26. The summed E-state index contributed by atoms with van der Waals surface area (Å²) < 4.78 is 42.0. The van der Waals surface area contributed by atoms with Crippen LogP contribution < -0.4 is 0 Å². The van der Waals surface area contributed by atoms with Crippen LogP contribution in [0.15, 0.2) is 0 Å². The number of rotatable bonds is 0. The van der Waals surface area contributed by atoms with Crippen LogP contribution in [0.5, 0.6) is 0 Å². The molecule has 3 nitrogen and oxygen atoms in total. The lowest BCUT2D eigenvalue weighted by Gasteiger charge is -2.40. The van der Waals surface area contributed by atoms with Gasteiger partial charge in [0.15, 0.2) is 5.60 Å². The molecule has 0 aromatic rings. The zero-order chi connectivity index (χ0) is 11.0. The van der Waals surface area contributed by atoms with Crippen LogP contribution in [-0.2, 0) is 4.74 Å². The summed E-state index contributed by atoms with van der Waals surface area (Å²) in [6, 6.07) is 0. The van der Waals surface area contributed by atoms with E-state index >= 15 is 0 Å². The molecule has 82 valence electrons. The summed E-state index contributed by atoms with van der Waals surface area (Å²) in [7, 11) is 0. The van der Waals surface area contributed by atoms with Gasteiger partial charge in [-0.25, -0.2) is 0 Å². The van der Waals surface area contributed by atoms with Gasteiger partial charge in [-0.2, -0.15) is 13.2 Å². The lowest BCUT2D eigenvalue weighted by Crippen LogP contribution is -2.58. The molecule has 0 saturated carbocycles. The third-order valence-corrected chi connectivity index (χ3v) is 2.36. The standard InChI is InChI=1S/C7H9ClF3NO2/c1-6(7(9,10)11)4-12(5(8)13)2-3-14-6/h2-4H2,1H3. The topological polar surface area (TPSA) is 29.5 Å². The molecule has 14 heavy (non-hydrogen) atoms. The third-order valence-electron chi connectivity index (χ3n) is 2.12. The van der Waals surface area contributed by atoms with Crippen LogP contribution in [-0.4, -0.2) is 41.7 Å². The Kier molecular flexibility index (Phi) is 2.96. The Morgan fingerprint density at radius 2 is 2.14 bits per heavy atom. The predicted molar refractivity (Wildman–Crippen MR) is 43.2 cm³/mol. The van der Waals surface area contributed by atoms with E-state index in [1.54, 1.807) is 0 Å². The number of alkyl halides is 3. The van der Waals surface area contributed by atoms with Crippen molar-refractivity contribution in [1.29, 1.82) is 0 Å². The van der Waals surface area contributed by atoms with Gasteiger partial charge in [0.1, 0.15) is 0 Å². The fourth-order valence-corrected chi connectivity index (χ4v) is 1.34. The molecule has 1 aliphatic heterocycles. The molecule has 0 N–H and O–H groups in total. The van der Waals surface area contributed by atoms with Crippen molar-refractivity contribution in [2.75, 3.05) is 19.7 Å². The van der Waals surface area contributed by atoms with E-state index in [9.17, 15) is 18.0 Å². The van der Waals surface area contributed by atoms with Crippen LogP contribution in [0.2, 0.25) is 0 Å². The Bertz CT molecular complexity index is 246. The average molecular weight is 232 g/mol. The maximum absolute atomic E-state index is 12.5. The summed E-state index contributed by atoms with van der Waals surface area (Å²) in [5, 5.41) is -0.885. The molecule has 0 aromatic carbocycles. The van der Waals surface area contributed by atoms with E-state index in [0.29, 0.717) is 0 Å². The van der Waals surface area contributed by atoms with E-state index in [2.05, 4.69) is 4.74 Å². The van der Waals surface area contributed by atoms with E-state index in [-0.39, 0.29) is 13.2 Å². The molecule has 0 aromatic heterocycles. The second kappa shape index (κ2) is 3.58. The van der Waals surface area contributed by atoms with Gasteiger partial charge in [-0.3, -0.25) is 4.79 Å². The van der Waals surface area contributed by atoms with Gasteiger partial charge < -0.3 is 9.64 Å². The SMILES string of the molecule is CC1(C(F)(F)F)CN(C(=O)Cl)CCO1. The quantitative estimate of drug-likeness (QED) is 0.471. The molecule has 1 aliphatic rings. The summed E-state index contributed by atoms with van der Waals surface area (Å²) in [6.45, 7) is 0.278. The number of morpholine rings is 1. The highest BCUT2D eigenvalue weighted by Gasteiger charge is 2.55. The molecule has 1 saturated heterocycles. The number of carbonyl (C=O) groups excluding carboxylic acids is 1. The van der Waals surface area contributed by atoms with E-state index < -0.39 is 23.7 Å². The van der Waals surface area contributed by atoms with Gasteiger partial charge in [0.25, 0.3) is 0 Å². The number of halogens is 4. The fourth-order valence-electron chi connectivity index (χ4n) is 1.19. The molecule has 1 atom stereocenters. The molecule has 1 fully saturated rings. The molecule has 1 heterocycles. The Morgan fingerprint density at radius 3 is 2.57 bits per heavy atom. The first kappa shape index (κ1) is 11.6. The first-order valence-corrected chi connectivity index (χ1v) is 4.29. The van der Waals surface area contributed by atoms with Crippen molar-refractivity contribution in [3.63, 3.8) is 0 Å². The van der Waals surface area contributed by atoms with Crippen LogP contribution in [0.1, 0.15) is 6.92 Å². The fraction of sp³-hybridized carbons (Fsp3) is 0.857. The molecule has 1 rings (SSSR count). The highest BCUT2D eigenvalue weighted by molar-refractivity contribution is 6.62. The van der Waals surface area contributed by atoms with Gasteiger partial charge in [-0.15, -0.1) is 0 Å². The maximum atomic E-state index is 12.5. The highest BCUT2D eigenvalue weighted by Crippen LogP contribution is 2.36. The predicted octanol–water partition coefficient (Wildman–Crippen LogP) is 2.00. The van der Waals surface area contributed by atoms with Gasteiger partial charge in [0.05, 0.1) is 13.2 Å². The minimum absolute atomic E-state index is 0.0913. The lowest BCUT2D eigenvalue weighted by molar-refractivity contribution is -0.284. The van der Waals surface area contributed by atoms with Crippen molar-refractivity contribution in [2.45, 2.75) is 18.7 Å². The Labute approximate surface area is 83.8 Å². The van der Waals surface area contributed by atoms with E-state index in [1.165, 1.54) is 0 Å². The number of hydrogen-bond donors (Lipinski definition) is 0. The second-order valence-corrected chi connectivity index (χ2v) is 3.57. The van der Waals surface area contributed by atoms with Crippen molar-refractivity contribution < 1.29 is 22.7 Å². The van der Waals surface area contributed by atoms with Gasteiger partial charge in [0, 0.05) is 6.54 Å². The zero-order valence-electron chi connectivity index (χ0n) is 7.40. The number of ether oxygens (including phenoxy) is 1. The zero-order valence-corrected chi connectivity index (χ0v) is 8.15. The van der Waals surface area contributed by atoms with Crippen molar-refractivity contribution in [1.82, 2.24) is 4.90 Å². The van der Waals surface area contributed by atoms with E-state index in [4.69, 9.17) is 11.6 Å². The number of nitrogens with zero attached hydrogens (tertiary/aromatic N) is 1. The van der Waals surface area contributed by atoms with Gasteiger partial charge in [0.2, 0.25) is 0 Å². The molecular formula is C7H9ClF3NO2. The molecular weight excluding hydrogens is 223 g/mol. The smallest absolute Gasteiger partial charge is 0.362 e. The number of hydrogen-bond acceptors (Lipinski definition) is 2. The van der Waals surface area contributed by atoms with Crippen LogP contribution >= 0.6 is 11.6 Å². The second-order valence-electron chi connectivity index (χ2n) is 3.25. The van der Waals surface area contributed by atoms with Crippen molar-refractivity contribution >= 4 is 17.0 Å². The van der Waals surface area contributed by atoms with Crippen LogP contribution in [0.3, 0.4) is 0 Å². The summed E-state index contributed by atoms with van der Waals surface area (Å²) in [5.41, 5.74) is -2.31. The Morgan fingerprint density at radius 1 is 1.57 bits per heavy atom. The Hall–Kier alpha value is -0.490. The number of carbonyl (C=O) groups is 1. The molecule has 0 radical (unpaired) electrons. The normalized spacial score (nSPS) is 29.1. The molecule has 1 unspecified atom stereocenters. The van der Waals surface area contributed by atoms with Crippen LogP contribution in [0, 0.1) is 0 Å². The molecule has 0 spiro atoms. The molecule has 0 aliphatic carbocycles. The molecule has 1 amide bonds. The van der Waals surface area contributed by atoms with Crippen LogP contribution in [0.25, 0.3) is 0 Å². The van der Waals surface area contributed by atoms with Crippen molar-refractivity contribution in [2.24, 2.45) is 0 Å². The van der Waals surface area contributed by atoms with Gasteiger partial charge >= 0.3 is 11.5 Å². The largest absolute Gasteiger partial charge is 0.418 e. The minimum Gasteiger partial charge on any atom is -0.362 e. The monoisotopic (exact) mass is 231 g/mol. The number of amides is 1. The first-order valence-electron chi connectivity index (χ1n) is 3.91. The van der Waals surface area contributed by atoms with Crippen molar-refractivity contribution in [3.8, 4) is 0 Å². The summed E-state index contributed by atoms with van der Waals surface area (Å²) in [5.74, 6) is 0. The van der Waals surface area contributed by atoms with Gasteiger partial charge in [-0.05, 0) is 18.5 Å². The highest BCUT2D eigenvalue weighted by atomic mass is 35.5. The lowest BCUT2D eigenvalue weighted by atomic mass is 10.0. The van der Waals surface area contributed by atoms with E-state index in [1.807, 2.05) is 0 Å². The Balaban J connectivity index is 2.77. The van der Waals surface area contributed by atoms with Crippen molar-refractivity contribution in [3.05, 3.63) is 0 Å². The molecule has 7 heteroatoms.